The van der Waals surface area contributed by atoms with E-state index in [9.17, 15) is 24.0 Å². The Hall–Kier alpha value is -3.77. The molecule has 0 bridgehead atoms. The molecule has 1 aromatic rings. The van der Waals surface area contributed by atoms with Gasteiger partial charge in [-0.2, -0.15) is 0 Å². The predicted octanol–water partition coefficient (Wildman–Crippen LogP) is 0.979. The zero-order valence-corrected chi connectivity index (χ0v) is 20.0. The summed E-state index contributed by atoms with van der Waals surface area (Å²) in [6, 6.07) is 4.82. The van der Waals surface area contributed by atoms with Crippen molar-refractivity contribution >= 4 is 29.7 Å². The lowest BCUT2D eigenvalue weighted by molar-refractivity contribution is -0.287. The first kappa shape index (κ1) is 26.8. The van der Waals surface area contributed by atoms with Gasteiger partial charge in [-0.3, -0.25) is 28.9 Å². The number of hydrogen-bond acceptors (Lipinski definition) is 11. The van der Waals surface area contributed by atoms with Crippen LogP contribution in [0.5, 0.6) is 0 Å². The monoisotopic (exact) mass is 505 g/mol. The molecular formula is C24H27NO11. The third kappa shape index (κ3) is 5.89. The van der Waals surface area contributed by atoms with Crippen LogP contribution in [0.2, 0.25) is 0 Å². The van der Waals surface area contributed by atoms with E-state index in [1.54, 1.807) is 12.1 Å². The average Bonchev–Trinajstić information content (AvgIpc) is 3.06. The van der Waals surface area contributed by atoms with Crippen LogP contribution >= 0.6 is 0 Å². The van der Waals surface area contributed by atoms with Crippen LogP contribution in [0.15, 0.2) is 37.1 Å². The van der Waals surface area contributed by atoms with Crippen LogP contribution in [-0.4, -0.2) is 85.1 Å². The zero-order valence-electron chi connectivity index (χ0n) is 20.0. The second kappa shape index (κ2) is 11.8. The van der Waals surface area contributed by atoms with Crippen LogP contribution in [-0.2, 0) is 42.8 Å². The molecular weight excluding hydrogens is 478 g/mol. The lowest BCUT2D eigenvalue weighted by atomic mass is 9.94. The summed E-state index contributed by atoms with van der Waals surface area (Å²) in [5, 5.41) is 0. The Morgan fingerprint density at radius 2 is 1.53 bits per heavy atom. The molecule has 2 aliphatic rings. The Bertz CT molecular complexity index is 1000. The molecule has 0 unspecified atom stereocenters. The largest absolute Gasteiger partial charge is 0.499 e. The number of ether oxygens (including phenoxy) is 6. The Morgan fingerprint density at radius 3 is 2.06 bits per heavy atom. The highest BCUT2D eigenvalue weighted by Gasteiger charge is 2.57. The molecule has 12 nitrogen and oxygen atoms in total. The third-order valence-corrected chi connectivity index (χ3v) is 5.39. The van der Waals surface area contributed by atoms with Gasteiger partial charge in [-0.25, -0.2) is 0 Å². The van der Waals surface area contributed by atoms with E-state index in [0.717, 1.165) is 18.7 Å². The molecule has 1 saturated heterocycles. The van der Waals surface area contributed by atoms with Crippen LogP contribution < -0.4 is 0 Å². The molecule has 0 aliphatic carbocycles. The number of benzene rings is 1. The summed E-state index contributed by atoms with van der Waals surface area (Å²) in [7, 11) is 0. The maximum absolute atomic E-state index is 13.3. The molecule has 1 aromatic carbocycles. The number of esters is 3. The molecule has 3 rings (SSSR count). The van der Waals surface area contributed by atoms with Crippen molar-refractivity contribution < 1.29 is 52.4 Å². The number of fused-ring (bicyclic) bond motifs is 1. The third-order valence-electron chi connectivity index (χ3n) is 5.39. The van der Waals surface area contributed by atoms with E-state index in [-0.39, 0.29) is 30.9 Å². The second-order valence-corrected chi connectivity index (χ2v) is 7.92. The van der Waals surface area contributed by atoms with Crippen molar-refractivity contribution in [3.8, 4) is 0 Å². The van der Waals surface area contributed by atoms with E-state index in [1.807, 2.05) is 0 Å². The van der Waals surface area contributed by atoms with Crippen molar-refractivity contribution in [2.24, 2.45) is 0 Å². The highest BCUT2D eigenvalue weighted by molar-refractivity contribution is 6.21. The SMILES string of the molecule is C=COCCO[C@@H]1O[C@H](COC(C)=O)[C@@H](OC(C)=O)[C@H](OC(C)=O)[C@H]1N1C(=O)c2ccccc2C1=O. The molecule has 5 atom stereocenters. The van der Waals surface area contributed by atoms with E-state index in [4.69, 9.17) is 28.4 Å². The van der Waals surface area contributed by atoms with Crippen LogP contribution in [0.4, 0.5) is 0 Å². The smallest absolute Gasteiger partial charge is 0.303 e. The number of rotatable bonds is 10. The minimum absolute atomic E-state index is 0.0540. The summed E-state index contributed by atoms with van der Waals surface area (Å²) >= 11 is 0. The number of carbonyl (C=O) groups excluding carboxylic acids is 5. The molecule has 0 radical (unpaired) electrons. The Kier molecular flexibility index (Phi) is 8.78. The predicted molar refractivity (Wildman–Crippen MR) is 119 cm³/mol. The molecule has 1 fully saturated rings. The molecule has 36 heavy (non-hydrogen) atoms. The van der Waals surface area contributed by atoms with Gasteiger partial charge in [0.15, 0.2) is 18.5 Å². The van der Waals surface area contributed by atoms with Gasteiger partial charge in [0, 0.05) is 20.8 Å². The zero-order chi connectivity index (χ0) is 26.4. The van der Waals surface area contributed by atoms with Gasteiger partial charge in [0.05, 0.1) is 24.0 Å². The first-order valence-corrected chi connectivity index (χ1v) is 11.1. The number of imide groups is 1. The molecule has 2 heterocycles. The van der Waals surface area contributed by atoms with Crippen molar-refractivity contribution in [3.63, 3.8) is 0 Å². The first-order valence-electron chi connectivity index (χ1n) is 11.1. The average molecular weight is 505 g/mol. The fourth-order valence-corrected chi connectivity index (χ4v) is 4.07. The second-order valence-electron chi connectivity index (χ2n) is 7.92. The van der Waals surface area contributed by atoms with Crippen LogP contribution in [0.25, 0.3) is 0 Å². The quantitative estimate of drug-likeness (QED) is 0.148. The number of nitrogens with zero attached hydrogens (tertiary/aromatic N) is 1. The highest BCUT2D eigenvalue weighted by atomic mass is 16.7. The van der Waals surface area contributed by atoms with Gasteiger partial charge in [-0.15, -0.1) is 0 Å². The van der Waals surface area contributed by atoms with Crippen molar-refractivity contribution in [3.05, 3.63) is 48.2 Å². The maximum atomic E-state index is 13.3. The molecule has 194 valence electrons. The fraction of sp³-hybridized carbons (Fsp3) is 0.458. The van der Waals surface area contributed by atoms with Gasteiger partial charge in [-0.05, 0) is 12.1 Å². The summed E-state index contributed by atoms with van der Waals surface area (Å²) < 4.78 is 32.8. The van der Waals surface area contributed by atoms with Crippen LogP contribution in [0.1, 0.15) is 41.5 Å². The Labute approximate surface area is 207 Å². The Balaban J connectivity index is 2.06. The topological polar surface area (TPSA) is 144 Å². The van der Waals surface area contributed by atoms with E-state index >= 15 is 0 Å². The minimum atomic E-state index is -1.41. The summed E-state index contributed by atoms with van der Waals surface area (Å²) in [6.45, 7) is 6.46. The normalized spacial score (nSPS) is 25.1. The van der Waals surface area contributed by atoms with Gasteiger partial charge >= 0.3 is 17.9 Å². The van der Waals surface area contributed by atoms with E-state index < -0.39 is 60.4 Å². The van der Waals surface area contributed by atoms with Gasteiger partial charge < -0.3 is 28.4 Å². The highest BCUT2D eigenvalue weighted by Crippen LogP contribution is 2.35. The van der Waals surface area contributed by atoms with Crippen LogP contribution in [0, 0.1) is 0 Å². The summed E-state index contributed by atoms with van der Waals surface area (Å²) in [5.74, 6) is -3.51. The summed E-state index contributed by atoms with van der Waals surface area (Å²) in [6.07, 6.45) is -4.07. The summed E-state index contributed by atoms with van der Waals surface area (Å²) in [4.78, 5) is 63.0. The van der Waals surface area contributed by atoms with Gasteiger partial charge in [-0.1, -0.05) is 18.7 Å². The fourth-order valence-electron chi connectivity index (χ4n) is 4.07. The van der Waals surface area contributed by atoms with Gasteiger partial charge in [0.2, 0.25) is 0 Å². The molecule has 0 spiro atoms. The molecule has 0 saturated carbocycles. The van der Waals surface area contributed by atoms with E-state index in [2.05, 4.69) is 6.58 Å². The Morgan fingerprint density at radius 1 is 0.944 bits per heavy atom. The standard InChI is InChI=1S/C24H27NO11/c1-5-31-10-11-32-24-19(25-22(29)16-8-6-7-9-17(16)23(25)30)21(35-15(4)28)20(34-14(3)27)18(36-24)12-33-13(2)26/h5-9,18-21,24H,1,10-12H2,2-4H3/t18-,19-,20-,21-,24-/m1/s1. The number of hydrogen-bond donors (Lipinski definition) is 0. The van der Waals surface area contributed by atoms with E-state index in [1.165, 1.54) is 25.3 Å². The molecule has 0 aromatic heterocycles. The van der Waals surface area contributed by atoms with Crippen LogP contribution in [0.3, 0.4) is 0 Å². The van der Waals surface area contributed by atoms with Crippen molar-refractivity contribution in [2.75, 3.05) is 19.8 Å². The molecule has 0 N–H and O–H groups in total. The van der Waals surface area contributed by atoms with Gasteiger partial charge in [0.1, 0.15) is 25.4 Å². The molecule has 2 aliphatic heterocycles. The lowest BCUT2D eigenvalue weighted by Crippen LogP contribution is -2.67. The van der Waals surface area contributed by atoms with Crippen molar-refractivity contribution in [2.45, 2.75) is 51.4 Å². The van der Waals surface area contributed by atoms with E-state index in [0.29, 0.717) is 0 Å². The van der Waals surface area contributed by atoms with Crippen molar-refractivity contribution in [1.82, 2.24) is 4.90 Å². The minimum Gasteiger partial charge on any atom is -0.499 e. The molecule has 2 amide bonds. The van der Waals surface area contributed by atoms with Crippen molar-refractivity contribution in [1.29, 1.82) is 0 Å². The maximum Gasteiger partial charge on any atom is 0.303 e. The molecule has 12 heteroatoms. The number of carbonyl (C=O) groups is 5. The lowest BCUT2D eigenvalue weighted by Gasteiger charge is -2.47. The first-order chi connectivity index (χ1) is 17.1. The number of amides is 2. The summed E-state index contributed by atoms with van der Waals surface area (Å²) in [5.41, 5.74) is 0.285. The van der Waals surface area contributed by atoms with Gasteiger partial charge in [0.25, 0.3) is 11.8 Å².